The molecule has 7 nitrogen and oxygen atoms in total. The third-order valence-electron chi connectivity index (χ3n) is 2.03. The van der Waals surface area contributed by atoms with Gasteiger partial charge in [-0.2, -0.15) is 0 Å². The van der Waals surface area contributed by atoms with Crippen molar-refractivity contribution >= 4 is 23.5 Å². The third-order valence-corrected chi connectivity index (χ3v) is 2.03. The van der Waals surface area contributed by atoms with Gasteiger partial charge in [0.05, 0.1) is 7.11 Å². The van der Waals surface area contributed by atoms with Gasteiger partial charge in [-0.05, 0) is 24.3 Å². The molecule has 0 aliphatic carbocycles. The number of aliphatic carboxylic acids is 1. The Morgan fingerprint density at radius 2 is 1.84 bits per heavy atom. The highest BCUT2D eigenvalue weighted by Crippen LogP contribution is 2.15. The molecule has 1 aromatic carbocycles. The number of anilines is 1. The molecule has 0 radical (unpaired) electrons. The normalized spacial score (nSPS) is 9.53. The number of carboxylic acid groups (broad SMARTS) is 1. The average molecular weight is 267 g/mol. The van der Waals surface area contributed by atoms with Crippen molar-refractivity contribution < 1.29 is 29.0 Å². The zero-order chi connectivity index (χ0) is 14.3. The van der Waals surface area contributed by atoms with E-state index in [9.17, 15) is 14.4 Å². The summed E-state index contributed by atoms with van der Waals surface area (Å²) in [6.07, 6.45) is -0.597. The smallest absolute Gasteiger partial charge is 0.343 e. The average Bonchev–Trinajstić information content (AvgIpc) is 2.36. The Bertz CT molecular complexity index is 468. The molecule has 0 aliphatic rings. The minimum atomic E-state index is -1.20. The number of benzene rings is 1. The summed E-state index contributed by atoms with van der Waals surface area (Å²) in [5.74, 6) is -1.88. The van der Waals surface area contributed by atoms with E-state index in [1.807, 2.05) is 0 Å². The summed E-state index contributed by atoms with van der Waals surface area (Å²) in [5.41, 5.74) is 0.441. The van der Waals surface area contributed by atoms with E-state index < -0.39 is 24.3 Å². The first-order valence-electron chi connectivity index (χ1n) is 5.32. The molecule has 0 unspecified atom stereocenters. The van der Waals surface area contributed by atoms with E-state index >= 15 is 0 Å². The molecule has 0 fully saturated rings. The number of carbonyl (C=O) groups excluding carboxylic acids is 2. The van der Waals surface area contributed by atoms with Crippen molar-refractivity contribution in [3.63, 3.8) is 0 Å². The second-order valence-corrected chi connectivity index (χ2v) is 3.51. The van der Waals surface area contributed by atoms with Crippen molar-refractivity contribution in [2.75, 3.05) is 19.0 Å². The lowest BCUT2D eigenvalue weighted by Gasteiger charge is -2.06. The summed E-state index contributed by atoms with van der Waals surface area (Å²) in [7, 11) is 1.26. The summed E-state index contributed by atoms with van der Waals surface area (Å²) < 4.78 is 9.51. The van der Waals surface area contributed by atoms with Crippen LogP contribution in [-0.4, -0.2) is 36.7 Å². The number of carbonyl (C=O) groups is 3. The Hall–Kier alpha value is -2.57. The summed E-state index contributed by atoms with van der Waals surface area (Å²) in [6, 6.07) is 6.15. The van der Waals surface area contributed by atoms with E-state index in [1.165, 1.54) is 19.2 Å². The van der Waals surface area contributed by atoms with Gasteiger partial charge in [0, 0.05) is 5.69 Å². The number of nitrogens with one attached hydrogen (secondary N) is 1. The van der Waals surface area contributed by atoms with Crippen LogP contribution < -0.4 is 10.1 Å². The zero-order valence-corrected chi connectivity index (χ0v) is 10.2. The van der Waals surface area contributed by atoms with E-state index in [2.05, 4.69) is 10.1 Å². The molecule has 0 spiro atoms. The summed E-state index contributed by atoms with van der Waals surface area (Å²) in [4.78, 5) is 32.3. The Balaban J connectivity index is 2.49. The van der Waals surface area contributed by atoms with Gasteiger partial charge in [0.2, 0.25) is 5.91 Å². The predicted molar refractivity (Wildman–Crippen MR) is 64.8 cm³/mol. The van der Waals surface area contributed by atoms with Crippen molar-refractivity contribution in [1.82, 2.24) is 0 Å². The quantitative estimate of drug-likeness (QED) is 0.579. The Morgan fingerprint density at radius 3 is 2.37 bits per heavy atom. The number of hydrogen-bond acceptors (Lipinski definition) is 5. The molecule has 1 rings (SSSR count). The van der Waals surface area contributed by atoms with Crippen LogP contribution in [0.15, 0.2) is 24.3 Å². The van der Waals surface area contributed by atoms with E-state index in [4.69, 9.17) is 9.84 Å². The number of carboxylic acids is 1. The number of amides is 1. The van der Waals surface area contributed by atoms with Crippen LogP contribution in [0.5, 0.6) is 5.75 Å². The van der Waals surface area contributed by atoms with Crippen molar-refractivity contribution in [2.45, 2.75) is 6.42 Å². The van der Waals surface area contributed by atoms with Crippen LogP contribution in [0.25, 0.3) is 0 Å². The maximum atomic E-state index is 11.2. The van der Waals surface area contributed by atoms with Gasteiger partial charge >= 0.3 is 11.9 Å². The van der Waals surface area contributed by atoms with Crippen molar-refractivity contribution in [2.24, 2.45) is 0 Å². The SMILES string of the molecule is COC(=O)COc1ccc(NC(=O)CC(=O)O)cc1. The standard InChI is InChI=1S/C12H13NO6/c1-18-12(17)7-19-9-4-2-8(3-5-9)13-10(14)6-11(15)16/h2-5H,6-7H2,1H3,(H,13,14)(H,15,16). The summed E-state index contributed by atoms with van der Waals surface area (Å²) in [5, 5.41) is 10.8. The van der Waals surface area contributed by atoms with E-state index in [0.29, 0.717) is 11.4 Å². The Labute approximate surface area is 109 Å². The molecule has 0 bridgehead atoms. The van der Waals surface area contributed by atoms with E-state index in [0.717, 1.165) is 0 Å². The lowest BCUT2D eigenvalue weighted by atomic mass is 10.3. The zero-order valence-electron chi connectivity index (χ0n) is 10.2. The topological polar surface area (TPSA) is 102 Å². The highest BCUT2D eigenvalue weighted by molar-refractivity contribution is 6.01. The lowest BCUT2D eigenvalue weighted by molar-refractivity contribution is -0.143. The summed E-state index contributed by atoms with van der Waals surface area (Å²) in [6.45, 7) is -0.207. The fraction of sp³-hybridized carbons (Fsp3) is 0.250. The second-order valence-electron chi connectivity index (χ2n) is 3.51. The highest BCUT2D eigenvalue weighted by atomic mass is 16.6. The van der Waals surface area contributed by atoms with Gasteiger partial charge in [-0.1, -0.05) is 0 Å². The molecule has 7 heteroatoms. The molecular formula is C12H13NO6. The van der Waals surface area contributed by atoms with Crippen LogP contribution in [-0.2, 0) is 19.1 Å². The molecule has 0 aromatic heterocycles. The van der Waals surface area contributed by atoms with Crippen LogP contribution in [0, 0.1) is 0 Å². The first kappa shape index (κ1) is 14.5. The molecule has 102 valence electrons. The molecule has 2 N–H and O–H groups in total. The maximum absolute atomic E-state index is 11.2. The molecule has 0 aliphatic heterocycles. The fourth-order valence-corrected chi connectivity index (χ4v) is 1.18. The monoisotopic (exact) mass is 267 g/mol. The molecule has 0 saturated heterocycles. The second kappa shape index (κ2) is 7.00. The van der Waals surface area contributed by atoms with Crippen molar-refractivity contribution in [3.05, 3.63) is 24.3 Å². The number of ether oxygens (including phenoxy) is 2. The van der Waals surface area contributed by atoms with Crippen LogP contribution in [0.1, 0.15) is 6.42 Å². The number of esters is 1. The molecular weight excluding hydrogens is 254 g/mol. The number of rotatable bonds is 6. The van der Waals surface area contributed by atoms with Gasteiger partial charge in [-0.25, -0.2) is 4.79 Å². The van der Waals surface area contributed by atoms with Crippen LogP contribution in [0.4, 0.5) is 5.69 Å². The van der Waals surface area contributed by atoms with Gasteiger partial charge < -0.3 is 19.9 Å². The minimum Gasteiger partial charge on any atom is -0.482 e. The Morgan fingerprint density at radius 1 is 1.21 bits per heavy atom. The lowest BCUT2D eigenvalue weighted by Crippen LogP contribution is -2.16. The van der Waals surface area contributed by atoms with Gasteiger partial charge in [-0.15, -0.1) is 0 Å². The van der Waals surface area contributed by atoms with E-state index in [-0.39, 0.29) is 6.61 Å². The molecule has 0 atom stereocenters. The maximum Gasteiger partial charge on any atom is 0.343 e. The van der Waals surface area contributed by atoms with Crippen LogP contribution >= 0.6 is 0 Å². The van der Waals surface area contributed by atoms with E-state index in [1.54, 1.807) is 12.1 Å². The number of hydrogen-bond donors (Lipinski definition) is 2. The van der Waals surface area contributed by atoms with Crippen LogP contribution in [0.3, 0.4) is 0 Å². The van der Waals surface area contributed by atoms with Crippen molar-refractivity contribution in [1.29, 1.82) is 0 Å². The van der Waals surface area contributed by atoms with Crippen molar-refractivity contribution in [3.8, 4) is 5.75 Å². The van der Waals surface area contributed by atoms with Gasteiger partial charge in [0.1, 0.15) is 12.2 Å². The fourth-order valence-electron chi connectivity index (χ4n) is 1.18. The molecule has 1 aromatic rings. The first-order valence-corrected chi connectivity index (χ1v) is 5.32. The van der Waals surface area contributed by atoms with Crippen LogP contribution in [0.2, 0.25) is 0 Å². The summed E-state index contributed by atoms with van der Waals surface area (Å²) >= 11 is 0. The molecule has 0 heterocycles. The molecule has 19 heavy (non-hydrogen) atoms. The highest BCUT2D eigenvalue weighted by Gasteiger charge is 2.08. The largest absolute Gasteiger partial charge is 0.482 e. The third kappa shape index (κ3) is 5.53. The van der Waals surface area contributed by atoms with Gasteiger partial charge in [0.25, 0.3) is 0 Å². The molecule has 1 amide bonds. The van der Waals surface area contributed by atoms with Gasteiger partial charge in [0.15, 0.2) is 6.61 Å². The minimum absolute atomic E-state index is 0.207. The number of methoxy groups -OCH3 is 1. The molecule has 0 saturated carbocycles. The Kier molecular flexibility index (Phi) is 5.34. The predicted octanol–water partition coefficient (Wildman–Crippen LogP) is 0.652. The van der Waals surface area contributed by atoms with Gasteiger partial charge in [-0.3, -0.25) is 9.59 Å². The first-order chi connectivity index (χ1) is 9.01.